The molecule has 0 N–H and O–H groups in total. The fourth-order valence-corrected chi connectivity index (χ4v) is 1.75. The largest absolute Gasteiger partial charge is 0.295 e. The maximum atomic E-state index is 11.3. The summed E-state index contributed by atoms with van der Waals surface area (Å²) in [6, 6.07) is 9.52. The third-order valence-electron chi connectivity index (χ3n) is 2.51. The molecule has 0 aliphatic rings. The predicted octanol–water partition coefficient (Wildman–Crippen LogP) is 2.69. The number of aryl methyl sites for hydroxylation is 2. The van der Waals surface area contributed by atoms with Crippen molar-refractivity contribution in [2.24, 2.45) is 0 Å². The van der Waals surface area contributed by atoms with Gasteiger partial charge in [0.1, 0.15) is 0 Å². The van der Waals surface area contributed by atoms with Crippen LogP contribution in [0.3, 0.4) is 0 Å². The lowest BCUT2D eigenvalue weighted by molar-refractivity contribution is 0.101. The molecule has 0 spiro atoms. The maximum Gasteiger partial charge on any atom is 0.159 e. The van der Waals surface area contributed by atoms with E-state index in [9.17, 15) is 4.79 Å². The molecule has 0 saturated carbocycles. The van der Waals surface area contributed by atoms with Crippen LogP contribution in [0.2, 0.25) is 0 Å². The number of hydrogen-bond donors (Lipinski definition) is 0. The summed E-state index contributed by atoms with van der Waals surface area (Å²) in [5.41, 5.74) is 3.69. The molecule has 0 amide bonds. The number of carbonyl (C=O) groups is 1. The molecule has 1 aromatic heterocycles. The molecule has 0 unspecified atom stereocenters. The fraction of sp³-hybridized carbons (Fsp3) is 0.231. The van der Waals surface area contributed by atoms with Gasteiger partial charge in [-0.1, -0.05) is 12.1 Å². The highest BCUT2D eigenvalue weighted by Gasteiger charge is 2.05. The van der Waals surface area contributed by atoms with E-state index in [1.54, 1.807) is 6.92 Å². The Morgan fingerprint density at radius 3 is 2.56 bits per heavy atom. The smallest absolute Gasteiger partial charge is 0.159 e. The zero-order valence-electron chi connectivity index (χ0n) is 9.69. The Hall–Kier alpha value is -1.90. The van der Waals surface area contributed by atoms with Gasteiger partial charge in [0, 0.05) is 11.3 Å². The van der Waals surface area contributed by atoms with E-state index in [1.807, 2.05) is 48.9 Å². The average Bonchev–Trinajstić information content (AvgIpc) is 2.58. The molecular formula is C13H14N2O. The van der Waals surface area contributed by atoms with E-state index in [1.165, 1.54) is 0 Å². The van der Waals surface area contributed by atoms with Crippen molar-refractivity contribution in [1.82, 2.24) is 9.78 Å². The third kappa shape index (κ3) is 1.89. The number of carbonyl (C=O) groups excluding carboxylic acids is 1. The Morgan fingerprint density at radius 1 is 1.25 bits per heavy atom. The van der Waals surface area contributed by atoms with Crippen LogP contribution in [-0.4, -0.2) is 15.6 Å². The summed E-state index contributed by atoms with van der Waals surface area (Å²) in [6.07, 6.45) is 0. The minimum atomic E-state index is 0.0726. The number of benzene rings is 1. The molecular weight excluding hydrogens is 200 g/mol. The van der Waals surface area contributed by atoms with E-state index in [2.05, 4.69) is 5.10 Å². The molecule has 0 atom stereocenters. The van der Waals surface area contributed by atoms with Crippen LogP contribution in [0.15, 0.2) is 30.3 Å². The normalized spacial score (nSPS) is 10.4. The van der Waals surface area contributed by atoms with E-state index in [0.717, 1.165) is 17.1 Å². The quantitative estimate of drug-likeness (QED) is 0.720. The van der Waals surface area contributed by atoms with E-state index < -0.39 is 0 Å². The standard InChI is InChI=1S/C13H14N2O/c1-9-7-10(2)15(14-9)13-6-4-5-12(8-13)11(3)16/h4-8H,1-3H3. The van der Waals surface area contributed by atoms with Gasteiger partial charge in [0.2, 0.25) is 0 Å². The van der Waals surface area contributed by atoms with E-state index in [4.69, 9.17) is 0 Å². The van der Waals surface area contributed by atoms with Crippen LogP contribution in [0, 0.1) is 13.8 Å². The van der Waals surface area contributed by atoms with Crippen LogP contribution >= 0.6 is 0 Å². The molecule has 0 aliphatic carbocycles. The summed E-state index contributed by atoms with van der Waals surface area (Å²) in [6.45, 7) is 5.53. The molecule has 3 heteroatoms. The van der Waals surface area contributed by atoms with Crippen LogP contribution in [0.1, 0.15) is 28.7 Å². The molecule has 82 valence electrons. The number of nitrogens with zero attached hydrogens (tertiary/aromatic N) is 2. The Morgan fingerprint density at radius 2 is 2.00 bits per heavy atom. The summed E-state index contributed by atoms with van der Waals surface area (Å²) < 4.78 is 1.85. The fourth-order valence-electron chi connectivity index (χ4n) is 1.75. The van der Waals surface area contributed by atoms with Crippen LogP contribution < -0.4 is 0 Å². The predicted molar refractivity (Wildman–Crippen MR) is 63.0 cm³/mol. The van der Waals surface area contributed by atoms with Crippen LogP contribution in [0.25, 0.3) is 5.69 Å². The summed E-state index contributed by atoms with van der Waals surface area (Å²) in [7, 11) is 0. The van der Waals surface area contributed by atoms with Gasteiger partial charge in [-0.2, -0.15) is 5.10 Å². The summed E-state index contributed by atoms with van der Waals surface area (Å²) in [5, 5.41) is 4.39. The van der Waals surface area contributed by atoms with Crippen molar-refractivity contribution in [3.05, 3.63) is 47.3 Å². The highest BCUT2D eigenvalue weighted by Crippen LogP contribution is 2.13. The highest BCUT2D eigenvalue weighted by atomic mass is 16.1. The van der Waals surface area contributed by atoms with Crippen molar-refractivity contribution in [3.8, 4) is 5.69 Å². The number of ketones is 1. The molecule has 1 aromatic carbocycles. The zero-order chi connectivity index (χ0) is 11.7. The second kappa shape index (κ2) is 3.93. The molecule has 0 radical (unpaired) electrons. The van der Waals surface area contributed by atoms with Crippen LogP contribution in [-0.2, 0) is 0 Å². The Balaban J connectivity index is 2.52. The van der Waals surface area contributed by atoms with Gasteiger partial charge in [0.15, 0.2) is 5.78 Å². The summed E-state index contributed by atoms with van der Waals surface area (Å²) >= 11 is 0. The Kier molecular flexibility index (Phi) is 2.60. The SMILES string of the molecule is CC(=O)c1cccc(-n2nc(C)cc2C)c1. The molecule has 2 aromatic rings. The second-order valence-electron chi connectivity index (χ2n) is 3.95. The zero-order valence-corrected chi connectivity index (χ0v) is 9.69. The first kappa shape index (κ1) is 10.6. The summed E-state index contributed by atoms with van der Waals surface area (Å²) in [5.74, 6) is 0.0726. The first-order valence-electron chi connectivity index (χ1n) is 5.22. The first-order valence-corrected chi connectivity index (χ1v) is 5.22. The van der Waals surface area contributed by atoms with Crippen molar-refractivity contribution in [1.29, 1.82) is 0 Å². The Labute approximate surface area is 94.7 Å². The number of Topliss-reactive ketones (excluding diaryl/α,β-unsaturated/α-hetero) is 1. The van der Waals surface area contributed by atoms with Crippen molar-refractivity contribution in [2.45, 2.75) is 20.8 Å². The van der Waals surface area contributed by atoms with Gasteiger partial charge in [-0.15, -0.1) is 0 Å². The van der Waals surface area contributed by atoms with Gasteiger partial charge in [-0.05, 0) is 39.0 Å². The van der Waals surface area contributed by atoms with E-state index in [0.29, 0.717) is 5.56 Å². The van der Waals surface area contributed by atoms with E-state index >= 15 is 0 Å². The van der Waals surface area contributed by atoms with Crippen molar-refractivity contribution in [2.75, 3.05) is 0 Å². The van der Waals surface area contributed by atoms with E-state index in [-0.39, 0.29) is 5.78 Å². The molecule has 3 nitrogen and oxygen atoms in total. The number of rotatable bonds is 2. The monoisotopic (exact) mass is 214 g/mol. The number of aromatic nitrogens is 2. The van der Waals surface area contributed by atoms with Gasteiger partial charge >= 0.3 is 0 Å². The highest BCUT2D eigenvalue weighted by molar-refractivity contribution is 5.94. The molecule has 0 saturated heterocycles. The molecule has 0 fully saturated rings. The van der Waals surface area contributed by atoms with Crippen LogP contribution in [0.5, 0.6) is 0 Å². The number of hydrogen-bond acceptors (Lipinski definition) is 2. The second-order valence-corrected chi connectivity index (χ2v) is 3.95. The third-order valence-corrected chi connectivity index (χ3v) is 2.51. The lowest BCUT2D eigenvalue weighted by Crippen LogP contribution is -2.01. The van der Waals surface area contributed by atoms with Crippen LogP contribution in [0.4, 0.5) is 0 Å². The van der Waals surface area contributed by atoms with Gasteiger partial charge in [0.05, 0.1) is 11.4 Å². The first-order chi connectivity index (χ1) is 7.58. The summed E-state index contributed by atoms with van der Waals surface area (Å²) in [4.78, 5) is 11.3. The van der Waals surface area contributed by atoms with Crippen molar-refractivity contribution < 1.29 is 4.79 Å². The minimum absolute atomic E-state index is 0.0726. The average molecular weight is 214 g/mol. The molecule has 0 bridgehead atoms. The molecule has 1 heterocycles. The van der Waals surface area contributed by atoms with Gasteiger partial charge in [-0.3, -0.25) is 4.79 Å². The topological polar surface area (TPSA) is 34.9 Å². The lowest BCUT2D eigenvalue weighted by Gasteiger charge is -2.05. The molecule has 2 rings (SSSR count). The maximum absolute atomic E-state index is 11.3. The minimum Gasteiger partial charge on any atom is -0.295 e. The molecule has 16 heavy (non-hydrogen) atoms. The van der Waals surface area contributed by atoms with Gasteiger partial charge < -0.3 is 0 Å². The van der Waals surface area contributed by atoms with Crippen molar-refractivity contribution >= 4 is 5.78 Å². The van der Waals surface area contributed by atoms with Gasteiger partial charge in [-0.25, -0.2) is 4.68 Å². The molecule has 0 aliphatic heterocycles. The lowest BCUT2D eigenvalue weighted by atomic mass is 10.1. The van der Waals surface area contributed by atoms with Gasteiger partial charge in [0.25, 0.3) is 0 Å². The Bertz CT molecular complexity index is 541. The van der Waals surface area contributed by atoms with Crippen molar-refractivity contribution in [3.63, 3.8) is 0 Å².